The molecule has 2 aromatic carbocycles. The van der Waals surface area contributed by atoms with Gasteiger partial charge in [0.15, 0.2) is 0 Å². The monoisotopic (exact) mass is 496 g/mol. The van der Waals surface area contributed by atoms with Crippen molar-refractivity contribution in [1.82, 2.24) is 9.78 Å². The molecule has 1 aliphatic carbocycles. The van der Waals surface area contributed by atoms with Gasteiger partial charge in [0, 0.05) is 23.8 Å². The molecule has 0 spiro atoms. The lowest BCUT2D eigenvalue weighted by molar-refractivity contribution is -0.142. The first-order valence-electron chi connectivity index (χ1n) is 11.8. The van der Waals surface area contributed by atoms with Crippen LogP contribution in [0.2, 0.25) is 0 Å². The quantitative estimate of drug-likeness (QED) is 0.423. The van der Waals surface area contributed by atoms with Crippen LogP contribution in [0.25, 0.3) is 11.3 Å². The standard InChI is InChI=1S/C30H28N2O5/c1-5-14-32-15-12-26(31-32)22-9-10-27(21(4)16-22)37-18-24-19(2)7-6-8-25(24)30(29(35)36)13-11-20(3)23(17-30)28(33)34/h1,6-13,15-16H,14,17-18H2,2-4H3,(H,33,34)(H,35,36). The summed E-state index contributed by atoms with van der Waals surface area (Å²) in [5.74, 6) is 1.00. The molecule has 1 atom stereocenters. The van der Waals surface area contributed by atoms with Crippen molar-refractivity contribution in [2.75, 3.05) is 0 Å². The number of terminal acetylenes is 1. The summed E-state index contributed by atoms with van der Waals surface area (Å²) in [5, 5.41) is 24.5. The lowest BCUT2D eigenvalue weighted by Gasteiger charge is -2.32. The number of rotatable bonds is 8. The van der Waals surface area contributed by atoms with E-state index in [9.17, 15) is 19.8 Å². The van der Waals surface area contributed by atoms with Gasteiger partial charge in [0.05, 0.1) is 5.69 Å². The van der Waals surface area contributed by atoms with E-state index in [-0.39, 0.29) is 18.6 Å². The van der Waals surface area contributed by atoms with Gasteiger partial charge in [-0.1, -0.05) is 36.3 Å². The number of benzene rings is 2. The van der Waals surface area contributed by atoms with Gasteiger partial charge in [0.25, 0.3) is 0 Å². The zero-order chi connectivity index (χ0) is 26.7. The molecule has 0 radical (unpaired) electrons. The lowest BCUT2D eigenvalue weighted by atomic mass is 9.69. The highest BCUT2D eigenvalue weighted by atomic mass is 16.5. The van der Waals surface area contributed by atoms with E-state index >= 15 is 0 Å². The normalized spacial score (nSPS) is 16.9. The van der Waals surface area contributed by atoms with Crippen LogP contribution in [0.4, 0.5) is 0 Å². The average molecular weight is 497 g/mol. The molecule has 0 fully saturated rings. The SMILES string of the molecule is C#CCn1ccc(-c2ccc(OCc3c(C)cccc3C3(C(=O)O)C=CC(C)=C(C(=O)O)C3)c(C)c2)n1. The van der Waals surface area contributed by atoms with Crippen molar-refractivity contribution in [2.24, 2.45) is 0 Å². The van der Waals surface area contributed by atoms with Crippen LogP contribution in [0.15, 0.2) is 72.0 Å². The molecule has 0 saturated carbocycles. The third-order valence-corrected chi connectivity index (χ3v) is 6.82. The molecule has 1 aromatic heterocycles. The van der Waals surface area contributed by atoms with Crippen LogP contribution in [0.3, 0.4) is 0 Å². The summed E-state index contributed by atoms with van der Waals surface area (Å²) in [7, 11) is 0. The summed E-state index contributed by atoms with van der Waals surface area (Å²) < 4.78 is 7.89. The Kier molecular flexibility index (Phi) is 7.03. The highest BCUT2D eigenvalue weighted by Crippen LogP contribution is 2.41. The number of carboxylic acids is 2. The predicted molar refractivity (Wildman–Crippen MR) is 140 cm³/mol. The van der Waals surface area contributed by atoms with Crippen molar-refractivity contribution in [3.8, 4) is 29.4 Å². The van der Waals surface area contributed by atoms with Gasteiger partial charge < -0.3 is 14.9 Å². The fourth-order valence-corrected chi connectivity index (χ4v) is 4.67. The number of aromatic nitrogens is 2. The lowest BCUT2D eigenvalue weighted by Crippen LogP contribution is -2.38. The largest absolute Gasteiger partial charge is 0.489 e. The van der Waals surface area contributed by atoms with E-state index in [1.165, 1.54) is 0 Å². The highest BCUT2D eigenvalue weighted by Gasteiger charge is 2.43. The average Bonchev–Trinajstić information content (AvgIpc) is 3.33. The minimum absolute atomic E-state index is 0.0920. The Labute approximate surface area is 215 Å². The predicted octanol–water partition coefficient (Wildman–Crippen LogP) is 5.06. The van der Waals surface area contributed by atoms with E-state index in [4.69, 9.17) is 11.2 Å². The van der Waals surface area contributed by atoms with Crippen molar-refractivity contribution in [2.45, 2.75) is 45.8 Å². The summed E-state index contributed by atoms with van der Waals surface area (Å²) >= 11 is 0. The van der Waals surface area contributed by atoms with Gasteiger partial charge in [-0.3, -0.25) is 9.48 Å². The summed E-state index contributed by atoms with van der Waals surface area (Å²) in [6.07, 6.45) is 10.2. The molecule has 4 rings (SSSR count). The Hall–Kier alpha value is -4.57. The van der Waals surface area contributed by atoms with Gasteiger partial charge in [0.1, 0.15) is 24.3 Å². The van der Waals surface area contributed by atoms with Gasteiger partial charge in [-0.15, -0.1) is 6.42 Å². The molecule has 2 N–H and O–H groups in total. The number of allylic oxidation sites excluding steroid dienone is 2. The number of ether oxygens (including phenoxy) is 1. The van der Waals surface area contributed by atoms with Crippen LogP contribution in [0.1, 0.15) is 35.6 Å². The zero-order valence-electron chi connectivity index (χ0n) is 21.0. The first-order valence-corrected chi connectivity index (χ1v) is 11.8. The van der Waals surface area contributed by atoms with Crippen LogP contribution in [-0.4, -0.2) is 31.9 Å². The van der Waals surface area contributed by atoms with Gasteiger partial charge in [-0.2, -0.15) is 5.10 Å². The molecule has 7 heteroatoms. The molecule has 37 heavy (non-hydrogen) atoms. The number of carboxylic acid groups (broad SMARTS) is 2. The Morgan fingerprint density at radius 1 is 1.14 bits per heavy atom. The molecule has 1 heterocycles. The minimum atomic E-state index is -1.51. The Morgan fingerprint density at radius 2 is 1.92 bits per heavy atom. The number of aryl methyl sites for hydroxylation is 2. The topological polar surface area (TPSA) is 102 Å². The maximum Gasteiger partial charge on any atom is 0.331 e. The summed E-state index contributed by atoms with van der Waals surface area (Å²) in [4.78, 5) is 24.5. The number of hydrogen-bond acceptors (Lipinski definition) is 4. The molecule has 1 unspecified atom stereocenters. The molecular formula is C30H28N2O5. The third kappa shape index (κ3) is 4.91. The molecule has 0 aliphatic heterocycles. The highest BCUT2D eigenvalue weighted by molar-refractivity contribution is 5.94. The smallest absolute Gasteiger partial charge is 0.331 e. The summed E-state index contributed by atoms with van der Waals surface area (Å²) in [6, 6.07) is 13.1. The Morgan fingerprint density at radius 3 is 2.59 bits per heavy atom. The zero-order valence-corrected chi connectivity index (χ0v) is 21.0. The molecule has 188 valence electrons. The molecular weight excluding hydrogens is 468 g/mol. The van der Waals surface area contributed by atoms with E-state index in [1.807, 2.05) is 50.4 Å². The van der Waals surface area contributed by atoms with Crippen molar-refractivity contribution in [3.05, 3.63) is 94.2 Å². The van der Waals surface area contributed by atoms with Gasteiger partial charge in [0.2, 0.25) is 0 Å². The van der Waals surface area contributed by atoms with Crippen molar-refractivity contribution >= 4 is 11.9 Å². The van der Waals surface area contributed by atoms with E-state index in [0.29, 0.717) is 23.4 Å². The second-order valence-corrected chi connectivity index (χ2v) is 9.23. The van der Waals surface area contributed by atoms with E-state index in [1.54, 1.807) is 35.9 Å². The van der Waals surface area contributed by atoms with E-state index < -0.39 is 17.4 Å². The molecule has 0 amide bonds. The first-order chi connectivity index (χ1) is 17.7. The van der Waals surface area contributed by atoms with Crippen LogP contribution in [-0.2, 0) is 28.2 Å². The van der Waals surface area contributed by atoms with Crippen LogP contribution in [0.5, 0.6) is 5.75 Å². The number of hydrogen-bond donors (Lipinski definition) is 2. The minimum Gasteiger partial charge on any atom is -0.489 e. The Bertz CT molecular complexity index is 1490. The van der Waals surface area contributed by atoms with Crippen LogP contribution in [0, 0.1) is 26.2 Å². The number of carbonyl (C=O) groups is 2. The first kappa shape index (κ1) is 25.5. The maximum atomic E-state index is 12.6. The fraction of sp³-hybridized carbons (Fsp3) is 0.233. The molecule has 0 saturated heterocycles. The summed E-state index contributed by atoms with van der Waals surface area (Å²) in [6.45, 7) is 6.04. The van der Waals surface area contributed by atoms with Crippen LogP contribution < -0.4 is 4.74 Å². The van der Waals surface area contributed by atoms with Crippen molar-refractivity contribution in [1.29, 1.82) is 0 Å². The van der Waals surface area contributed by atoms with E-state index in [2.05, 4.69) is 11.0 Å². The molecule has 0 bridgehead atoms. The van der Waals surface area contributed by atoms with Gasteiger partial charge >= 0.3 is 11.9 Å². The van der Waals surface area contributed by atoms with Crippen LogP contribution >= 0.6 is 0 Å². The molecule has 7 nitrogen and oxygen atoms in total. The van der Waals surface area contributed by atoms with Crippen molar-refractivity contribution in [3.63, 3.8) is 0 Å². The summed E-state index contributed by atoms with van der Waals surface area (Å²) in [5.41, 5.74) is 3.87. The van der Waals surface area contributed by atoms with Crippen molar-refractivity contribution < 1.29 is 24.5 Å². The number of aliphatic carboxylic acids is 2. The Balaban J connectivity index is 1.64. The second kappa shape index (κ2) is 10.2. The van der Waals surface area contributed by atoms with Gasteiger partial charge in [-0.25, -0.2) is 4.79 Å². The molecule has 1 aliphatic rings. The van der Waals surface area contributed by atoms with E-state index in [0.717, 1.165) is 27.9 Å². The molecule has 3 aromatic rings. The maximum absolute atomic E-state index is 12.6. The third-order valence-electron chi connectivity index (χ3n) is 6.82. The fourth-order valence-electron chi connectivity index (χ4n) is 4.67. The van der Waals surface area contributed by atoms with Gasteiger partial charge in [-0.05, 0) is 72.9 Å². The number of nitrogens with zero attached hydrogens (tertiary/aromatic N) is 2. The second-order valence-electron chi connectivity index (χ2n) is 9.23.